The van der Waals surface area contributed by atoms with Crippen molar-refractivity contribution in [3.8, 4) is 5.75 Å². The molecular formula is C15H20N2O2. The molecule has 0 radical (unpaired) electrons. The number of aryl methyl sites for hydroxylation is 2. The first-order chi connectivity index (χ1) is 9.24. The summed E-state index contributed by atoms with van der Waals surface area (Å²) < 4.78 is 7.81. The number of para-hydroxylation sites is 1. The molecule has 1 N–H and O–H groups in total. The fourth-order valence-corrected chi connectivity index (χ4v) is 2.11. The van der Waals surface area contributed by atoms with E-state index in [2.05, 4.69) is 12.0 Å². The highest BCUT2D eigenvalue weighted by Crippen LogP contribution is 2.20. The van der Waals surface area contributed by atoms with Gasteiger partial charge in [0.15, 0.2) is 0 Å². The van der Waals surface area contributed by atoms with E-state index >= 15 is 0 Å². The lowest BCUT2D eigenvalue weighted by molar-refractivity contribution is 0.277. The van der Waals surface area contributed by atoms with Gasteiger partial charge in [0, 0.05) is 13.2 Å². The largest absolute Gasteiger partial charge is 0.487 e. The van der Waals surface area contributed by atoms with Crippen LogP contribution in [0.3, 0.4) is 0 Å². The van der Waals surface area contributed by atoms with Gasteiger partial charge >= 0.3 is 0 Å². The highest BCUT2D eigenvalue weighted by Gasteiger charge is 2.07. The molecule has 0 aliphatic heterocycles. The number of aliphatic hydroxyl groups is 1. The van der Waals surface area contributed by atoms with Gasteiger partial charge < -0.3 is 9.84 Å². The molecule has 0 saturated heterocycles. The van der Waals surface area contributed by atoms with Crippen LogP contribution >= 0.6 is 0 Å². The van der Waals surface area contributed by atoms with Gasteiger partial charge in [-0.25, -0.2) is 0 Å². The number of hydrogen-bond acceptors (Lipinski definition) is 3. The molecular weight excluding hydrogens is 240 g/mol. The predicted molar refractivity (Wildman–Crippen MR) is 74.2 cm³/mol. The third-order valence-corrected chi connectivity index (χ3v) is 3.01. The number of aromatic nitrogens is 2. The minimum atomic E-state index is 0.131. The third kappa shape index (κ3) is 3.35. The second-order valence-corrected chi connectivity index (χ2v) is 4.46. The van der Waals surface area contributed by atoms with E-state index in [1.165, 1.54) is 0 Å². The van der Waals surface area contributed by atoms with E-state index in [0.29, 0.717) is 13.0 Å². The average Bonchev–Trinajstić information content (AvgIpc) is 2.78. The first kappa shape index (κ1) is 13.6. The Morgan fingerprint density at radius 3 is 2.84 bits per heavy atom. The molecule has 4 heteroatoms. The Balaban J connectivity index is 2.09. The van der Waals surface area contributed by atoms with E-state index < -0.39 is 0 Å². The van der Waals surface area contributed by atoms with E-state index in [9.17, 15) is 0 Å². The zero-order valence-electron chi connectivity index (χ0n) is 11.5. The van der Waals surface area contributed by atoms with Crippen molar-refractivity contribution in [2.75, 3.05) is 6.61 Å². The van der Waals surface area contributed by atoms with E-state index in [0.717, 1.165) is 29.2 Å². The maximum absolute atomic E-state index is 9.05. The molecule has 1 aromatic heterocycles. The second kappa shape index (κ2) is 6.38. The molecule has 1 heterocycles. The summed E-state index contributed by atoms with van der Waals surface area (Å²) in [4.78, 5) is 0. The molecule has 0 unspecified atom stereocenters. The lowest BCUT2D eigenvalue weighted by atomic mass is 10.1. The molecule has 0 amide bonds. The molecule has 0 atom stereocenters. The third-order valence-electron chi connectivity index (χ3n) is 3.01. The predicted octanol–water partition coefficient (Wildman–Crippen LogP) is 2.33. The molecule has 0 aliphatic rings. The highest BCUT2D eigenvalue weighted by molar-refractivity contribution is 5.33. The number of ether oxygens (including phenoxy) is 1. The molecule has 1 aromatic carbocycles. The molecule has 19 heavy (non-hydrogen) atoms. The van der Waals surface area contributed by atoms with Crippen LogP contribution in [0.2, 0.25) is 0 Å². The first-order valence-electron chi connectivity index (χ1n) is 6.59. The van der Waals surface area contributed by atoms with Crippen molar-refractivity contribution >= 4 is 0 Å². The number of nitrogens with zero attached hydrogens (tertiary/aromatic N) is 2. The van der Waals surface area contributed by atoms with Crippen molar-refractivity contribution in [1.29, 1.82) is 0 Å². The Morgan fingerprint density at radius 1 is 1.32 bits per heavy atom. The van der Waals surface area contributed by atoms with Crippen molar-refractivity contribution in [3.05, 3.63) is 47.3 Å². The maximum Gasteiger partial charge on any atom is 0.130 e. The average molecular weight is 260 g/mol. The van der Waals surface area contributed by atoms with Crippen LogP contribution in [0.4, 0.5) is 0 Å². The van der Waals surface area contributed by atoms with E-state index in [-0.39, 0.29) is 6.61 Å². The van der Waals surface area contributed by atoms with Crippen molar-refractivity contribution in [2.45, 2.75) is 33.4 Å². The summed E-state index contributed by atoms with van der Waals surface area (Å²) in [6.07, 6.45) is 0.613. The highest BCUT2D eigenvalue weighted by atomic mass is 16.5. The van der Waals surface area contributed by atoms with Gasteiger partial charge in [-0.2, -0.15) is 5.10 Å². The summed E-state index contributed by atoms with van der Waals surface area (Å²) in [7, 11) is 0. The lowest BCUT2D eigenvalue weighted by Gasteiger charge is -2.11. The zero-order valence-corrected chi connectivity index (χ0v) is 11.5. The summed E-state index contributed by atoms with van der Waals surface area (Å²) >= 11 is 0. The molecule has 0 bridgehead atoms. The summed E-state index contributed by atoms with van der Waals surface area (Å²) in [5.74, 6) is 0.832. The lowest BCUT2D eigenvalue weighted by Crippen LogP contribution is -2.07. The van der Waals surface area contributed by atoms with Gasteiger partial charge in [0.25, 0.3) is 0 Å². The fraction of sp³-hybridized carbons (Fsp3) is 0.400. The molecule has 0 fully saturated rings. The van der Waals surface area contributed by atoms with Gasteiger partial charge in [-0.3, -0.25) is 4.68 Å². The Hall–Kier alpha value is -1.81. The molecule has 2 rings (SSSR count). The number of benzene rings is 1. The minimum absolute atomic E-state index is 0.131. The summed E-state index contributed by atoms with van der Waals surface area (Å²) in [5, 5.41) is 13.4. The van der Waals surface area contributed by atoms with Crippen molar-refractivity contribution in [1.82, 2.24) is 9.78 Å². The van der Waals surface area contributed by atoms with Crippen LogP contribution in [0.25, 0.3) is 0 Å². The molecule has 102 valence electrons. The second-order valence-electron chi connectivity index (χ2n) is 4.46. The van der Waals surface area contributed by atoms with Gasteiger partial charge in [-0.1, -0.05) is 18.2 Å². The molecule has 0 spiro atoms. The Morgan fingerprint density at radius 2 is 2.11 bits per heavy atom. The van der Waals surface area contributed by atoms with Crippen LogP contribution in [0, 0.1) is 6.92 Å². The fourth-order valence-electron chi connectivity index (χ4n) is 2.11. The van der Waals surface area contributed by atoms with Crippen molar-refractivity contribution in [2.24, 2.45) is 0 Å². The van der Waals surface area contributed by atoms with Crippen LogP contribution in [0.15, 0.2) is 30.3 Å². The SMILES string of the molecule is CCn1nc(C)cc1COc1ccccc1CCO. The Labute approximate surface area is 113 Å². The first-order valence-corrected chi connectivity index (χ1v) is 6.59. The van der Waals surface area contributed by atoms with E-state index in [1.807, 2.05) is 41.9 Å². The van der Waals surface area contributed by atoms with Crippen LogP contribution in [-0.2, 0) is 19.6 Å². The number of rotatable bonds is 6. The van der Waals surface area contributed by atoms with E-state index in [4.69, 9.17) is 9.84 Å². The molecule has 4 nitrogen and oxygen atoms in total. The van der Waals surface area contributed by atoms with Crippen LogP contribution in [-0.4, -0.2) is 21.5 Å². The van der Waals surface area contributed by atoms with Gasteiger partial charge in [0.1, 0.15) is 12.4 Å². The summed E-state index contributed by atoms with van der Waals surface area (Å²) in [5.41, 5.74) is 3.10. The molecule has 0 aliphatic carbocycles. The quantitative estimate of drug-likeness (QED) is 0.867. The number of hydrogen-bond donors (Lipinski definition) is 1. The monoisotopic (exact) mass is 260 g/mol. The molecule has 0 saturated carbocycles. The van der Waals surface area contributed by atoms with Gasteiger partial charge in [-0.05, 0) is 38.0 Å². The van der Waals surface area contributed by atoms with Gasteiger partial charge in [0.2, 0.25) is 0 Å². The smallest absolute Gasteiger partial charge is 0.130 e. The normalized spacial score (nSPS) is 10.7. The van der Waals surface area contributed by atoms with Gasteiger partial charge in [0.05, 0.1) is 11.4 Å². The molecule has 2 aromatic rings. The van der Waals surface area contributed by atoms with Crippen molar-refractivity contribution < 1.29 is 9.84 Å². The number of aliphatic hydroxyl groups excluding tert-OH is 1. The van der Waals surface area contributed by atoms with E-state index in [1.54, 1.807) is 0 Å². The maximum atomic E-state index is 9.05. The van der Waals surface area contributed by atoms with Crippen LogP contribution in [0.1, 0.15) is 23.9 Å². The Kier molecular flexibility index (Phi) is 4.58. The van der Waals surface area contributed by atoms with Crippen molar-refractivity contribution in [3.63, 3.8) is 0 Å². The standard InChI is InChI=1S/C15H20N2O2/c1-3-17-14(10-12(2)16-17)11-19-15-7-5-4-6-13(15)8-9-18/h4-7,10,18H,3,8-9,11H2,1-2H3. The van der Waals surface area contributed by atoms with Gasteiger partial charge in [-0.15, -0.1) is 0 Å². The topological polar surface area (TPSA) is 47.3 Å². The van der Waals surface area contributed by atoms with Crippen LogP contribution < -0.4 is 4.74 Å². The minimum Gasteiger partial charge on any atom is -0.487 e. The van der Waals surface area contributed by atoms with Crippen LogP contribution in [0.5, 0.6) is 5.75 Å². The Bertz CT molecular complexity index is 535. The summed E-state index contributed by atoms with van der Waals surface area (Å²) in [6, 6.07) is 9.85. The zero-order chi connectivity index (χ0) is 13.7. The summed E-state index contributed by atoms with van der Waals surface area (Å²) in [6.45, 7) is 5.51.